The predicted molar refractivity (Wildman–Crippen MR) is 77.8 cm³/mol. The summed E-state index contributed by atoms with van der Waals surface area (Å²) in [5, 5.41) is 17.3. The molecule has 0 N–H and O–H groups in total. The molecule has 0 amide bonds. The van der Waals surface area contributed by atoms with Gasteiger partial charge in [0.1, 0.15) is 0 Å². The first-order chi connectivity index (χ1) is 10.8. The molecule has 0 aliphatic rings. The second-order valence-electron chi connectivity index (χ2n) is 4.25. The fourth-order valence-electron chi connectivity index (χ4n) is 1.59. The highest BCUT2D eigenvalue weighted by atomic mass is 32.3. The van der Waals surface area contributed by atoms with Crippen LogP contribution in [0.25, 0.3) is 0 Å². The average molecular weight is 348 g/mol. The van der Waals surface area contributed by atoms with Crippen molar-refractivity contribution in [3.8, 4) is 12.1 Å². The van der Waals surface area contributed by atoms with E-state index in [0.717, 1.165) is 24.3 Å². The molecule has 0 aromatic heterocycles. The fourth-order valence-corrected chi connectivity index (χ4v) is 4.10. The topological polar surface area (TPSA) is 125 Å². The molecule has 2 rings (SSSR count). The lowest BCUT2D eigenvalue weighted by Crippen LogP contribution is -2.14. The molecule has 0 radical (unpaired) electrons. The molecule has 2 aromatic rings. The molecule has 0 unspecified atom stereocenters. The Labute approximate surface area is 133 Å². The first kappa shape index (κ1) is 16.6. The van der Waals surface area contributed by atoms with Gasteiger partial charge in [-0.05, 0) is 48.5 Å². The summed E-state index contributed by atoms with van der Waals surface area (Å²) in [5.41, 5.74) is 0.442. The van der Waals surface area contributed by atoms with E-state index in [9.17, 15) is 16.8 Å². The lowest BCUT2D eigenvalue weighted by atomic mass is 10.2. The lowest BCUT2D eigenvalue weighted by molar-refractivity contribution is 0.462. The van der Waals surface area contributed by atoms with Crippen molar-refractivity contribution < 1.29 is 20.5 Å². The van der Waals surface area contributed by atoms with Gasteiger partial charge in [-0.25, -0.2) is 0 Å². The third kappa shape index (κ3) is 3.73. The summed E-state index contributed by atoms with van der Waals surface area (Å²) in [7, 11) is -9.14. The van der Waals surface area contributed by atoms with Crippen molar-refractivity contribution in [1.29, 1.82) is 10.5 Å². The van der Waals surface area contributed by atoms with Crippen LogP contribution in [0.3, 0.4) is 0 Å². The van der Waals surface area contributed by atoms with E-state index in [-0.39, 0.29) is 11.1 Å². The Kier molecular flexibility index (Phi) is 4.48. The summed E-state index contributed by atoms with van der Waals surface area (Å²) in [6.45, 7) is 0. The third-order valence-corrected chi connectivity index (χ3v) is 5.86. The van der Waals surface area contributed by atoms with E-state index in [1.807, 2.05) is 12.1 Å². The summed E-state index contributed by atoms with van der Waals surface area (Å²) in [6, 6.07) is 12.8. The molecule has 0 aliphatic carbocycles. The molecular weight excluding hydrogens is 340 g/mol. The van der Waals surface area contributed by atoms with E-state index < -0.39 is 30.0 Å². The van der Waals surface area contributed by atoms with Crippen LogP contribution in [0.4, 0.5) is 0 Å². The molecule has 0 fully saturated rings. The Hall–Kier alpha value is -2.72. The van der Waals surface area contributed by atoms with Crippen LogP contribution in [-0.4, -0.2) is 16.8 Å². The molecule has 9 heteroatoms. The number of benzene rings is 2. The molecule has 0 bridgehead atoms. The minimum atomic E-state index is -4.57. The molecule has 23 heavy (non-hydrogen) atoms. The van der Waals surface area contributed by atoms with Crippen LogP contribution in [0.15, 0.2) is 58.3 Å². The third-order valence-electron chi connectivity index (χ3n) is 2.72. The molecule has 0 spiro atoms. The van der Waals surface area contributed by atoms with Crippen LogP contribution in [0.1, 0.15) is 11.1 Å². The Morgan fingerprint density at radius 3 is 1.22 bits per heavy atom. The van der Waals surface area contributed by atoms with Gasteiger partial charge in [0.05, 0.1) is 33.1 Å². The maximum absolute atomic E-state index is 12.0. The Morgan fingerprint density at radius 1 is 0.652 bits per heavy atom. The van der Waals surface area contributed by atoms with Crippen molar-refractivity contribution in [3.63, 3.8) is 0 Å². The highest BCUT2D eigenvalue weighted by Crippen LogP contribution is 2.20. The van der Waals surface area contributed by atoms with Crippen LogP contribution < -0.4 is 0 Å². The Morgan fingerprint density at radius 2 is 0.957 bits per heavy atom. The van der Waals surface area contributed by atoms with Crippen molar-refractivity contribution in [2.75, 3.05) is 0 Å². The standard InChI is InChI=1S/C14H8N2O5S2/c15-9-11-1-5-13(6-2-11)22(17,18)21-23(19,20)14-7-3-12(10-16)4-8-14/h1-8H. The van der Waals surface area contributed by atoms with E-state index >= 15 is 0 Å². The molecule has 0 aliphatic heterocycles. The van der Waals surface area contributed by atoms with Gasteiger partial charge >= 0.3 is 20.2 Å². The Balaban J connectivity index is 2.34. The SMILES string of the molecule is N#Cc1ccc(S(=O)(=O)OS(=O)(=O)c2ccc(C#N)cc2)cc1. The van der Waals surface area contributed by atoms with Gasteiger partial charge < -0.3 is 0 Å². The lowest BCUT2D eigenvalue weighted by Gasteiger charge is -2.06. The summed E-state index contributed by atoms with van der Waals surface area (Å²) in [6.07, 6.45) is 0. The van der Waals surface area contributed by atoms with Gasteiger partial charge in [-0.15, -0.1) is 3.63 Å². The second-order valence-corrected chi connectivity index (χ2v) is 7.55. The van der Waals surface area contributed by atoms with Gasteiger partial charge in [-0.2, -0.15) is 27.4 Å². The van der Waals surface area contributed by atoms with Crippen molar-refractivity contribution in [2.24, 2.45) is 0 Å². The molecule has 0 heterocycles. The van der Waals surface area contributed by atoms with Crippen LogP contribution in [0, 0.1) is 22.7 Å². The monoisotopic (exact) mass is 348 g/mol. The maximum atomic E-state index is 12.0. The molecule has 2 aromatic carbocycles. The minimum Gasteiger partial charge on any atom is -0.193 e. The molecule has 116 valence electrons. The molecular formula is C14H8N2O5S2. The smallest absolute Gasteiger partial charge is 0.193 e. The zero-order valence-corrected chi connectivity index (χ0v) is 13.0. The van der Waals surface area contributed by atoms with Crippen molar-refractivity contribution in [3.05, 3.63) is 59.7 Å². The van der Waals surface area contributed by atoms with E-state index in [1.165, 1.54) is 24.3 Å². The first-order valence-electron chi connectivity index (χ1n) is 6.00. The highest BCUT2D eigenvalue weighted by molar-refractivity contribution is 7.99. The minimum absolute atomic E-state index is 0.221. The van der Waals surface area contributed by atoms with Crippen molar-refractivity contribution in [2.45, 2.75) is 9.79 Å². The number of nitrogens with zero attached hydrogens (tertiary/aromatic N) is 2. The maximum Gasteiger partial charge on any atom is 0.311 e. The summed E-state index contributed by atoms with van der Waals surface area (Å²) in [4.78, 5) is -0.789. The van der Waals surface area contributed by atoms with Crippen LogP contribution in [-0.2, 0) is 23.9 Å². The molecule has 7 nitrogen and oxygen atoms in total. The van der Waals surface area contributed by atoms with E-state index in [0.29, 0.717) is 0 Å². The van der Waals surface area contributed by atoms with Gasteiger partial charge in [0, 0.05) is 0 Å². The van der Waals surface area contributed by atoms with Gasteiger partial charge in [-0.3, -0.25) is 0 Å². The number of hydrogen-bond acceptors (Lipinski definition) is 7. The van der Waals surface area contributed by atoms with E-state index in [1.54, 1.807) is 0 Å². The van der Waals surface area contributed by atoms with E-state index in [2.05, 4.69) is 3.63 Å². The van der Waals surface area contributed by atoms with Gasteiger partial charge in [0.25, 0.3) is 0 Å². The summed E-state index contributed by atoms with van der Waals surface area (Å²) < 4.78 is 52.4. The van der Waals surface area contributed by atoms with Gasteiger partial charge in [0.2, 0.25) is 0 Å². The second kappa shape index (κ2) is 6.18. The highest BCUT2D eigenvalue weighted by Gasteiger charge is 2.26. The number of rotatable bonds is 4. The molecule has 0 saturated heterocycles. The molecule has 0 saturated carbocycles. The predicted octanol–water partition coefficient (Wildman–Crippen LogP) is 1.52. The van der Waals surface area contributed by atoms with Gasteiger partial charge in [-0.1, -0.05) is 0 Å². The Bertz CT molecular complexity index is 925. The number of hydrogen-bond donors (Lipinski definition) is 0. The average Bonchev–Trinajstić information content (AvgIpc) is 2.54. The van der Waals surface area contributed by atoms with Crippen molar-refractivity contribution >= 4 is 20.2 Å². The first-order valence-corrected chi connectivity index (χ1v) is 8.81. The van der Waals surface area contributed by atoms with Crippen molar-refractivity contribution in [1.82, 2.24) is 0 Å². The number of nitriles is 2. The normalized spacial score (nSPS) is 11.4. The molecule has 0 atom stereocenters. The quantitative estimate of drug-likeness (QED) is 0.820. The zero-order chi connectivity index (χ0) is 17.1. The van der Waals surface area contributed by atoms with Crippen LogP contribution in [0.2, 0.25) is 0 Å². The van der Waals surface area contributed by atoms with Gasteiger partial charge in [0.15, 0.2) is 0 Å². The zero-order valence-electron chi connectivity index (χ0n) is 11.4. The van der Waals surface area contributed by atoms with E-state index in [4.69, 9.17) is 10.5 Å². The summed E-state index contributed by atoms with van der Waals surface area (Å²) >= 11 is 0. The van der Waals surface area contributed by atoms with Crippen LogP contribution in [0.5, 0.6) is 0 Å². The largest absolute Gasteiger partial charge is 0.311 e. The van der Waals surface area contributed by atoms with Crippen LogP contribution >= 0.6 is 0 Å². The summed E-state index contributed by atoms with van der Waals surface area (Å²) in [5.74, 6) is 0. The fraction of sp³-hybridized carbons (Fsp3) is 0.